The average molecular weight is 296 g/mol. The molecule has 0 aliphatic heterocycles. The smallest absolute Gasteiger partial charge is 0.143 e. The molecule has 2 saturated carbocycles. The lowest BCUT2D eigenvalue weighted by atomic mass is 9.84. The summed E-state index contributed by atoms with van der Waals surface area (Å²) in [5.74, 6) is 3.71. The van der Waals surface area contributed by atoms with Crippen molar-refractivity contribution >= 4 is 21.7 Å². The molecule has 17 heavy (non-hydrogen) atoms. The molecule has 1 aromatic rings. The van der Waals surface area contributed by atoms with Gasteiger partial charge in [-0.2, -0.15) is 0 Å². The van der Waals surface area contributed by atoms with Gasteiger partial charge < -0.3 is 5.32 Å². The predicted octanol–water partition coefficient (Wildman–Crippen LogP) is 3.48. The van der Waals surface area contributed by atoms with E-state index < -0.39 is 0 Å². The molecule has 1 N–H and O–H groups in total. The number of hydrogen-bond donors (Lipinski definition) is 1. The third kappa shape index (κ3) is 2.19. The highest BCUT2D eigenvalue weighted by Gasteiger charge is 2.41. The van der Waals surface area contributed by atoms with Gasteiger partial charge in [0.25, 0.3) is 0 Å². The molecule has 92 valence electrons. The van der Waals surface area contributed by atoms with Crippen molar-refractivity contribution in [1.82, 2.24) is 9.97 Å². The molecule has 2 aliphatic rings. The van der Waals surface area contributed by atoms with Gasteiger partial charge in [0.2, 0.25) is 0 Å². The van der Waals surface area contributed by atoms with Gasteiger partial charge in [-0.1, -0.05) is 6.42 Å². The lowest BCUT2D eigenvalue weighted by molar-refractivity contribution is 0.304. The Kier molecular flexibility index (Phi) is 3.07. The normalized spacial score (nSPS) is 32.7. The van der Waals surface area contributed by atoms with Crippen LogP contribution in [-0.4, -0.2) is 16.0 Å². The first-order valence-corrected chi connectivity index (χ1v) is 7.25. The first-order chi connectivity index (χ1) is 8.24. The summed E-state index contributed by atoms with van der Waals surface area (Å²) < 4.78 is 0.954. The average Bonchev–Trinajstić information content (AvgIpc) is 2.94. The molecule has 0 radical (unpaired) electrons. The van der Waals surface area contributed by atoms with E-state index in [9.17, 15) is 0 Å². The zero-order valence-electron chi connectivity index (χ0n) is 10.1. The van der Waals surface area contributed by atoms with Crippen molar-refractivity contribution in [3.05, 3.63) is 17.0 Å². The van der Waals surface area contributed by atoms with Crippen molar-refractivity contribution < 1.29 is 0 Å². The predicted molar refractivity (Wildman–Crippen MR) is 71.8 cm³/mol. The number of halogens is 1. The SMILES string of the molecule is CC(Nc1ncncc1Br)C1CC2CCC1C2. The van der Waals surface area contributed by atoms with Crippen molar-refractivity contribution in [2.24, 2.45) is 17.8 Å². The number of fused-ring (bicyclic) bond motifs is 2. The van der Waals surface area contributed by atoms with E-state index in [0.717, 1.165) is 28.0 Å². The monoisotopic (exact) mass is 295 g/mol. The molecule has 2 bridgehead atoms. The van der Waals surface area contributed by atoms with E-state index in [-0.39, 0.29) is 0 Å². The molecule has 0 saturated heterocycles. The van der Waals surface area contributed by atoms with E-state index in [1.165, 1.54) is 25.7 Å². The summed E-state index contributed by atoms with van der Waals surface area (Å²) in [6.45, 7) is 2.29. The summed E-state index contributed by atoms with van der Waals surface area (Å²) in [5, 5.41) is 3.54. The molecule has 0 amide bonds. The quantitative estimate of drug-likeness (QED) is 0.928. The summed E-state index contributed by atoms with van der Waals surface area (Å²) in [5.41, 5.74) is 0. The second kappa shape index (κ2) is 4.56. The van der Waals surface area contributed by atoms with Crippen LogP contribution in [0.3, 0.4) is 0 Å². The van der Waals surface area contributed by atoms with Gasteiger partial charge in [0.1, 0.15) is 12.1 Å². The van der Waals surface area contributed by atoms with E-state index in [0.29, 0.717) is 6.04 Å². The number of anilines is 1. The van der Waals surface area contributed by atoms with Gasteiger partial charge in [-0.05, 0) is 59.9 Å². The van der Waals surface area contributed by atoms with Crippen molar-refractivity contribution in [3.63, 3.8) is 0 Å². The third-order valence-electron chi connectivity index (χ3n) is 4.47. The van der Waals surface area contributed by atoms with Gasteiger partial charge in [-0.3, -0.25) is 0 Å². The molecule has 1 aromatic heterocycles. The Hall–Kier alpha value is -0.640. The maximum atomic E-state index is 4.28. The summed E-state index contributed by atoms with van der Waals surface area (Å²) in [6, 6.07) is 0.511. The minimum absolute atomic E-state index is 0.511. The maximum Gasteiger partial charge on any atom is 0.143 e. The molecule has 4 unspecified atom stereocenters. The van der Waals surface area contributed by atoms with Crippen molar-refractivity contribution in [1.29, 1.82) is 0 Å². The topological polar surface area (TPSA) is 37.8 Å². The highest BCUT2D eigenvalue weighted by atomic mass is 79.9. The van der Waals surface area contributed by atoms with Crippen LogP contribution in [0.4, 0.5) is 5.82 Å². The van der Waals surface area contributed by atoms with Gasteiger partial charge in [0.15, 0.2) is 0 Å². The van der Waals surface area contributed by atoms with E-state index in [2.05, 4.69) is 38.1 Å². The number of hydrogen-bond acceptors (Lipinski definition) is 3. The number of aromatic nitrogens is 2. The maximum absolute atomic E-state index is 4.28. The van der Waals surface area contributed by atoms with E-state index >= 15 is 0 Å². The van der Waals surface area contributed by atoms with E-state index in [1.54, 1.807) is 12.5 Å². The van der Waals surface area contributed by atoms with Crippen LogP contribution < -0.4 is 5.32 Å². The Bertz CT molecular complexity index is 409. The largest absolute Gasteiger partial charge is 0.366 e. The number of nitrogens with zero attached hydrogens (tertiary/aromatic N) is 2. The summed E-state index contributed by atoms with van der Waals surface area (Å²) in [4.78, 5) is 8.27. The Morgan fingerprint density at radius 2 is 2.29 bits per heavy atom. The Morgan fingerprint density at radius 1 is 1.41 bits per heavy atom. The van der Waals surface area contributed by atoms with Crippen LogP contribution >= 0.6 is 15.9 Å². The van der Waals surface area contributed by atoms with Gasteiger partial charge in [0.05, 0.1) is 4.47 Å². The zero-order chi connectivity index (χ0) is 11.8. The first kappa shape index (κ1) is 11.5. The lowest BCUT2D eigenvalue weighted by Gasteiger charge is -2.29. The Labute approximate surface area is 111 Å². The van der Waals surface area contributed by atoms with Crippen molar-refractivity contribution in [2.45, 2.75) is 38.6 Å². The molecule has 1 heterocycles. The highest BCUT2D eigenvalue weighted by Crippen LogP contribution is 2.49. The van der Waals surface area contributed by atoms with Crippen LogP contribution in [0.25, 0.3) is 0 Å². The van der Waals surface area contributed by atoms with Gasteiger partial charge in [0, 0.05) is 12.2 Å². The van der Waals surface area contributed by atoms with Gasteiger partial charge in [-0.15, -0.1) is 0 Å². The van der Waals surface area contributed by atoms with Crippen LogP contribution in [0.1, 0.15) is 32.6 Å². The number of nitrogens with one attached hydrogen (secondary N) is 1. The van der Waals surface area contributed by atoms with Crippen molar-refractivity contribution in [3.8, 4) is 0 Å². The molecule has 3 nitrogen and oxygen atoms in total. The van der Waals surface area contributed by atoms with Gasteiger partial charge >= 0.3 is 0 Å². The fraction of sp³-hybridized carbons (Fsp3) is 0.692. The van der Waals surface area contributed by atoms with Crippen molar-refractivity contribution in [2.75, 3.05) is 5.32 Å². The summed E-state index contributed by atoms with van der Waals surface area (Å²) in [7, 11) is 0. The molecule has 4 atom stereocenters. The molecular weight excluding hydrogens is 278 g/mol. The van der Waals surface area contributed by atoms with Crippen LogP contribution in [0.5, 0.6) is 0 Å². The molecule has 2 fully saturated rings. The first-order valence-electron chi connectivity index (χ1n) is 6.46. The van der Waals surface area contributed by atoms with Crippen LogP contribution in [0.2, 0.25) is 0 Å². The third-order valence-corrected chi connectivity index (χ3v) is 5.05. The van der Waals surface area contributed by atoms with Crippen LogP contribution in [-0.2, 0) is 0 Å². The lowest BCUT2D eigenvalue weighted by Crippen LogP contribution is -2.30. The second-order valence-corrected chi connectivity index (χ2v) is 6.35. The van der Waals surface area contributed by atoms with E-state index in [4.69, 9.17) is 0 Å². The standard InChI is InChI=1S/C13H18BrN3/c1-8(11-5-9-2-3-10(11)4-9)17-13-12(14)6-15-7-16-13/h6-11H,2-5H2,1H3,(H,15,16,17). The molecule has 2 aliphatic carbocycles. The summed E-state index contributed by atoms with van der Waals surface area (Å²) >= 11 is 3.49. The molecular formula is C13H18BrN3. The fourth-order valence-corrected chi connectivity index (χ4v) is 3.98. The Morgan fingerprint density at radius 3 is 2.94 bits per heavy atom. The molecule has 4 heteroatoms. The number of rotatable bonds is 3. The minimum atomic E-state index is 0.511. The minimum Gasteiger partial charge on any atom is -0.366 e. The summed E-state index contributed by atoms with van der Waals surface area (Å²) in [6.07, 6.45) is 9.16. The molecule has 3 rings (SSSR count). The van der Waals surface area contributed by atoms with Crippen LogP contribution in [0, 0.1) is 17.8 Å². The fourth-order valence-electron chi connectivity index (χ4n) is 3.65. The molecule has 0 spiro atoms. The Balaban J connectivity index is 1.68. The highest BCUT2D eigenvalue weighted by molar-refractivity contribution is 9.10. The van der Waals surface area contributed by atoms with Crippen LogP contribution in [0.15, 0.2) is 17.0 Å². The van der Waals surface area contributed by atoms with E-state index in [1.807, 2.05) is 0 Å². The van der Waals surface area contributed by atoms with Gasteiger partial charge in [-0.25, -0.2) is 9.97 Å². The second-order valence-electron chi connectivity index (χ2n) is 5.49. The zero-order valence-corrected chi connectivity index (χ0v) is 11.7. The molecule has 0 aromatic carbocycles.